The van der Waals surface area contributed by atoms with Crippen molar-refractivity contribution in [3.05, 3.63) is 39.7 Å². The van der Waals surface area contributed by atoms with Gasteiger partial charge in [0.2, 0.25) is 5.43 Å². The minimum absolute atomic E-state index is 0.174. The molecule has 3 fully saturated rings. The molecule has 2 aliphatic carbocycles. The fourth-order valence-corrected chi connectivity index (χ4v) is 5.50. The highest BCUT2D eigenvalue weighted by atomic mass is 19.1. The molecule has 29 heavy (non-hydrogen) atoms. The second-order valence-corrected chi connectivity index (χ2v) is 9.07. The van der Waals surface area contributed by atoms with Crippen LogP contribution in [0.15, 0.2) is 23.1 Å². The molecule has 3 aliphatic rings. The summed E-state index contributed by atoms with van der Waals surface area (Å²) >= 11 is 0. The summed E-state index contributed by atoms with van der Waals surface area (Å²) in [7, 11) is 0. The van der Waals surface area contributed by atoms with Crippen LogP contribution in [0.1, 0.15) is 54.1 Å². The molecule has 3 N–H and O–H groups in total. The largest absolute Gasteiger partial charge is 0.477 e. The van der Waals surface area contributed by atoms with Crippen LogP contribution in [0.5, 0.6) is 0 Å². The number of aromatic carboxylic acids is 1. The van der Waals surface area contributed by atoms with Crippen LogP contribution in [-0.2, 0) is 0 Å². The minimum Gasteiger partial charge on any atom is -0.477 e. The Bertz CT molecular complexity index is 1080. The highest BCUT2D eigenvalue weighted by Gasteiger charge is 2.45. The summed E-state index contributed by atoms with van der Waals surface area (Å²) < 4.78 is 15.6. The van der Waals surface area contributed by atoms with Gasteiger partial charge in [-0.1, -0.05) is 12.8 Å². The zero-order chi connectivity index (χ0) is 20.5. The molecular weight excluding hydrogens is 373 g/mol. The van der Waals surface area contributed by atoms with Crippen molar-refractivity contribution in [1.82, 2.24) is 4.57 Å². The van der Waals surface area contributed by atoms with Crippen LogP contribution in [0, 0.1) is 12.8 Å². The van der Waals surface area contributed by atoms with Gasteiger partial charge < -0.3 is 20.3 Å². The summed E-state index contributed by atoms with van der Waals surface area (Å²) in [5.41, 5.74) is 8.26. The van der Waals surface area contributed by atoms with Crippen LogP contribution in [0.25, 0.3) is 10.9 Å². The molecule has 1 aromatic carbocycles. The molecule has 0 bridgehead atoms. The van der Waals surface area contributed by atoms with Gasteiger partial charge in [0.05, 0.1) is 11.6 Å². The average Bonchev–Trinajstić information content (AvgIpc) is 3.28. The molecule has 0 spiro atoms. The highest BCUT2D eigenvalue weighted by molar-refractivity contribution is 5.95. The summed E-state index contributed by atoms with van der Waals surface area (Å²) in [6.07, 6.45) is 5.20. The number of nitrogens with two attached hydrogens (primary N) is 1. The monoisotopic (exact) mass is 399 g/mol. The number of fused-ring (bicyclic) bond motifs is 2. The van der Waals surface area contributed by atoms with E-state index in [1.165, 1.54) is 12.6 Å². The van der Waals surface area contributed by atoms with E-state index in [0.717, 1.165) is 43.6 Å². The number of benzene rings is 1. The van der Waals surface area contributed by atoms with Gasteiger partial charge in [-0.25, -0.2) is 9.18 Å². The number of anilines is 1. The number of pyridine rings is 1. The van der Waals surface area contributed by atoms with Crippen LogP contribution < -0.4 is 16.1 Å². The van der Waals surface area contributed by atoms with Crippen LogP contribution >= 0.6 is 0 Å². The second kappa shape index (κ2) is 6.29. The van der Waals surface area contributed by atoms with Crippen LogP contribution in [0.4, 0.5) is 10.1 Å². The quantitative estimate of drug-likeness (QED) is 0.828. The SMILES string of the molecule is Cc1c(N2CC3CCCCC3(N)C2)ccc2c(=O)c(C(=O)O)cn([C@@H]3C[C@@H]3F)c12. The molecule has 5 rings (SSSR count). The van der Waals surface area contributed by atoms with E-state index in [1.54, 1.807) is 10.6 Å². The smallest absolute Gasteiger partial charge is 0.341 e. The van der Waals surface area contributed by atoms with Crippen molar-refractivity contribution < 1.29 is 14.3 Å². The lowest BCUT2D eigenvalue weighted by Crippen LogP contribution is -2.49. The van der Waals surface area contributed by atoms with Crippen molar-refractivity contribution in [1.29, 1.82) is 0 Å². The normalized spacial score (nSPS) is 31.1. The predicted octanol–water partition coefficient (Wildman–Crippen LogP) is 3.00. The van der Waals surface area contributed by atoms with Crippen LogP contribution in [0.3, 0.4) is 0 Å². The van der Waals surface area contributed by atoms with Gasteiger partial charge in [0.25, 0.3) is 0 Å². The zero-order valence-electron chi connectivity index (χ0n) is 16.5. The number of aromatic nitrogens is 1. The van der Waals surface area contributed by atoms with Gasteiger partial charge in [0, 0.05) is 42.3 Å². The maximum atomic E-state index is 13.9. The Morgan fingerprint density at radius 2 is 2.10 bits per heavy atom. The van der Waals surface area contributed by atoms with Crippen LogP contribution in [-0.4, -0.2) is 40.4 Å². The number of halogens is 1. The molecule has 0 radical (unpaired) electrons. The Balaban J connectivity index is 1.66. The number of hydrogen-bond acceptors (Lipinski definition) is 4. The molecule has 2 saturated carbocycles. The van der Waals surface area contributed by atoms with E-state index >= 15 is 0 Å². The molecule has 6 nitrogen and oxygen atoms in total. The second-order valence-electron chi connectivity index (χ2n) is 9.07. The Kier molecular flexibility index (Phi) is 4.04. The highest BCUT2D eigenvalue weighted by Crippen LogP contribution is 2.44. The predicted molar refractivity (Wildman–Crippen MR) is 110 cm³/mol. The van der Waals surface area contributed by atoms with Crippen molar-refractivity contribution in [2.24, 2.45) is 11.7 Å². The zero-order valence-corrected chi connectivity index (χ0v) is 16.5. The molecule has 1 aliphatic heterocycles. The number of carboxylic acid groups (broad SMARTS) is 1. The van der Waals surface area contributed by atoms with Crippen molar-refractivity contribution in [2.45, 2.75) is 56.8 Å². The fraction of sp³-hybridized carbons (Fsp3) is 0.545. The summed E-state index contributed by atoms with van der Waals surface area (Å²) in [6.45, 7) is 3.60. The summed E-state index contributed by atoms with van der Waals surface area (Å²) in [5.74, 6) is -0.821. The van der Waals surface area contributed by atoms with Crippen molar-refractivity contribution in [2.75, 3.05) is 18.0 Å². The number of aryl methyl sites for hydroxylation is 1. The maximum absolute atomic E-state index is 13.9. The van der Waals surface area contributed by atoms with E-state index < -0.39 is 23.6 Å². The Morgan fingerprint density at radius 3 is 2.76 bits per heavy atom. The lowest BCUT2D eigenvalue weighted by Gasteiger charge is -2.34. The van der Waals surface area contributed by atoms with Gasteiger partial charge in [-0.05, 0) is 43.4 Å². The van der Waals surface area contributed by atoms with Gasteiger partial charge in [0.15, 0.2) is 0 Å². The van der Waals surface area contributed by atoms with Gasteiger partial charge >= 0.3 is 5.97 Å². The molecule has 0 amide bonds. The summed E-state index contributed by atoms with van der Waals surface area (Å²) in [5, 5.41) is 9.77. The first-order chi connectivity index (χ1) is 13.8. The third-order valence-electron chi connectivity index (χ3n) is 7.21. The van der Waals surface area contributed by atoms with E-state index in [9.17, 15) is 19.1 Å². The third-order valence-corrected chi connectivity index (χ3v) is 7.21. The van der Waals surface area contributed by atoms with Gasteiger partial charge in [0.1, 0.15) is 11.7 Å². The molecule has 1 aromatic heterocycles. The van der Waals surface area contributed by atoms with Gasteiger partial charge in [-0.15, -0.1) is 0 Å². The van der Waals surface area contributed by atoms with Crippen molar-refractivity contribution in [3.63, 3.8) is 0 Å². The number of carbonyl (C=O) groups is 1. The number of alkyl halides is 1. The number of nitrogens with zero attached hydrogens (tertiary/aromatic N) is 2. The number of carboxylic acids is 1. The molecule has 2 aromatic rings. The van der Waals surface area contributed by atoms with Crippen molar-refractivity contribution >= 4 is 22.6 Å². The van der Waals surface area contributed by atoms with Gasteiger partial charge in [-0.3, -0.25) is 4.79 Å². The lowest BCUT2D eigenvalue weighted by atomic mass is 9.76. The Hall–Kier alpha value is -2.41. The molecule has 1 saturated heterocycles. The standard InChI is InChI=1S/C22H26FN3O3/c1-12-17(25-9-13-4-2-3-7-22(13,24)11-25)6-5-14-19(12)26(18-8-16(18)23)10-15(20(14)27)21(28)29/h5-6,10,13,16,18H,2-4,7-9,11,24H2,1H3,(H,28,29)/t13?,16-,18+,22?/m0/s1. The average molecular weight is 399 g/mol. The summed E-state index contributed by atoms with van der Waals surface area (Å²) in [4.78, 5) is 26.6. The Labute approximate surface area is 168 Å². The first-order valence-corrected chi connectivity index (χ1v) is 10.4. The fourth-order valence-electron chi connectivity index (χ4n) is 5.50. The number of rotatable bonds is 3. The first-order valence-electron chi connectivity index (χ1n) is 10.4. The molecule has 2 heterocycles. The minimum atomic E-state index is -1.28. The van der Waals surface area contributed by atoms with E-state index in [4.69, 9.17) is 5.73 Å². The maximum Gasteiger partial charge on any atom is 0.341 e. The van der Waals surface area contributed by atoms with Crippen LogP contribution in [0.2, 0.25) is 0 Å². The molecular formula is C22H26FN3O3. The topological polar surface area (TPSA) is 88.6 Å². The van der Waals surface area contributed by atoms with Crippen molar-refractivity contribution in [3.8, 4) is 0 Å². The lowest BCUT2D eigenvalue weighted by molar-refractivity contribution is 0.0694. The first kappa shape index (κ1) is 18.6. The van der Waals surface area contributed by atoms with E-state index in [2.05, 4.69) is 4.90 Å². The number of hydrogen-bond donors (Lipinski definition) is 2. The Morgan fingerprint density at radius 1 is 1.34 bits per heavy atom. The molecule has 154 valence electrons. The van der Waals surface area contributed by atoms with Gasteiger partial charge in [-0.2, -0.15) is 0 Å². The molecule has 7 heteroatoms. The van der Waals surface area contributed by atoms with E-state index in [1.807, 2.05) is 13.0 Å². The third kappa shape index (κ3) is 2.78. The molecule has 2 unspecified atom stereocenters. The van der Waals surface area contributed by atoms with E-state index in [-0.39, 0.29) is 11.1 Å². The molecule has 4 atom stereocenters. The van der Waals surface area contributed by atoms with E-state index in [0.29, 0.717) is 23.2 Å². The summed E-state index contributed by atoms with van der Waals surface area (Å²) in [6, 6.07) is 3.19.